The van der Waals surface area contributed by atoms with Crippen LogP contribution in [0.4, 0.5) is 0 Å². The minimum absolute atomic E-state index is 0.468. The highest BCUT2D eigenvalue weighted by atomic mass is 16.5. The van der Waals surface area contributed by atoms with Gasteiger partial charge in [-0.3, -0.25) is 4.79 Å². The molecule has 4 nitrogen and oxygen atoms in total. The molecule has 1 heterocycles. The van der Waals surface area contributed by atoms with Gasteiger partial charge in [0.05, 0.1) is 0 Å². The summed E-state index contributed by atoms with van der Waals surface area (Å²) in [5, 5.41) is 0.821. The largest absolute Gasteiger partial charge is 0.423 e. The second-order valence-corrected chi connectivity index (χ2v) is 6.62. The molecule has 4 aromatic rings. The minimum atomic E-state index is -0.468. The molecule has 0 N–H and O–H groups in total. The first-order valence-electron chi connectivity index (χ1n) is 9.30. The number of benzene rings is 3. The predicted molar refractivity (Wildman–Crippen MR) is 114 cm³/mol. The van der Waals surface area contributed by atoms with Gasteiger partial charge in [-0.2, -0.15) is 0 Å². The first kappa shape index (κ1) is 18.4. The predicted octanol–water partition coefficient (Wildman–Crippen LogP) is 5.12. The van der Waals surface area contributed by atoms with Crippen molar-refractivity contribution in [3.63, 3.8) is 0 Å². The number of aromatic nitrogens is 1. The number of nitrogens with zero attached hydrogens (tertiary/aromatic N) is 1. The van der Waals surface area contributed by atoms with Gasteiger partial charge in [0.1, 0.15) is 5.75 Å². The normalized spacial score (nSPS) is 11.0. The number of carbonyl (C=O) groups is 2. The van der Waals surface area contributed by atoms with Crippen molar-refractivity contribution in [2.75, 3.05) is 0 Å². The number of hydrogen-bond donors (Lipinski definition) is 0. The van der Waals surface area contributed by atoms with Crippen LogP contribution >= 0.6 is 0 Å². The van der Waals surface area contributed by atoms with E-state index in [0.717, 1.165) is 28.3 Å². The summed E-state index contributed by atoms with van der Waals surface area (Å²) >= 11 is 0. The highest BCUT2D eigenvalue weighted by Gasteiger charge is 2.11. The fourth-order valence-electron chi connectivity index (χ4n) is 3.35. The van der Waals surface area contributed by atoms with Gasteiger partial charge < -0.3 is 9.30 Å². The molecule has 1 aromatic heterocycles. The summed E-state index contributed by atoms with van der Waals surface area (Å²) in [6, 6.07) is 24.8. The maximum Gasteiger partial charge on any atom is 0.336 e. The zero-order chi connectivity index (χ0) is 20.1. The number of fused-ring (bicyclic) bond motifs is 1. The highest BCUT2D eigenvalue weighted by Crippen LogP contribution is 2.26. The Bertz CT molecular complexity index is 1170. The Kier molecular flexibility index (Phi) is 5.34. The molecular formula is C25H19NO3. The van der Waals surface area contributed by atoms with Crippen molar-refractivity contribution in [3.8, 4) is 5.75 Å². The van der Waals surface area contributed by atoms with E-state index in [9.17, 15) is 9.59 Å². The fourth-order valence-corrected chi connectivity index (χ4v) is 3.35. The van der Waals surface area contributed by atoms with Crippen molar-refractivity contribution in [1.82, 2.24) is 4.57 Å². The molecule has 4 rings (SSSR count). The van der Waals surface area contributed by atoms with Gasteiger partial charge in [0.15, 0.2) is 6.29 Å². The molecule has 0 bridgehead atoms. The molecule has 0 atom stereocenters. The van der Waals surface area contributed by atoms with Gasteiger partial charge in [-0.15, -0.1) is 0 Å². The van der Waals surface area contributed by atoms with Crippen LogP contribution in [0.1, 0.15) is 21.5 Å². The Balaban J connectivity index is 1.64. The van der Waals surface area contributed by atoms with Crippen LogP contribution in [0, 0.1) is 0 Å². The summed E-state index contributed by atoms with van der Waals surface area (Å²) in [7, 11) is 0. The van der Waals surface area contributed by atoms with E-state index in [0.29, 0.717) is 17.9 Å². The quantitative estimate of drug-likeness (QED) is 0.202. The van der Waals surface area contributed by atoms with Gasteiger partial charge in [0.25, 0.3) is 0 Å². The average molecular weight is 381 g/mol. The van der Waals surface area contributed by atoms with E-state index < -0.39 is 5.97 Å². The van der Waals surface area contributed by atoms with E-state index in [-0.39, 0.29) is 0 Å². The van der Waals surface area contributed by atoms with Gasteiger partial charge in [-0.05, 0) is 35.4 Å². The number of aldehydes is 1. The standard InChI is InChI=1S/C25H19NO3/c27-18-21-17-26(16-19-8-3-1-4-9-19)23-13-7-10-20(25(21)23)14-15-24(28)29-22-11-5-2-6-12-22/h1-15,17-18H,16H2/b15-14+. The fraction of sp³-hybridized carbons (Fsp3) is 0.0400. The van der Waals surface area contributed by atoms with E-state index in [2.05, 4.69) is 12.1 Å². The number of esters is 1. The second kappa shape index (κ2) is 8.40. The SMILES string of the molecule is O=Cc1cn(Cc2ccccc2)c2cccc(/C=C/C(=O)Oc3ccccc3)c12. The summed E-state index contributed by atoms with van der Waals surface area (Å²) in [6.07, 6.45) is 5.77. The summed E-state index contributed by atoms with van der Waals surface area (Å²) in [5.74, 6) is 0.0209. The van der Waals surface area contributed by atoms with Gasteiger partial charge in [-0.25, -0.2) is 4.79 Å². The van der Waals surface area contributed by atoms with Gasteiger partial charge in [0, 0.05) is 35.3 Å². The topological polar surface area (TPSA) is 48.3 Å². The van der Waals surface area contributed by atoms with E-state index in [4.69, 9.17) is 4.74 Å². The number of rotatable bonds is 6. The number of carbonyl (C=O) groups excluding carboxylic acids is 2. The summed E-state index contributed by atoms with van der Waals surface area (Å²) in [6.45, 7) is 0.661. The van der Waals surface area contributed by atoms with E-state index >= 15 is 0 Å². The molecule has 0 fully saturated rings. The molecule has 0 unspecified atom stereocenters. The third kappa shape index (κ3) is 4.17. The molecule has 29 heavy (non-hydrogen) atoms. The van der Waals surface area contributed by atoms with Crippen molar-refractivity contribution in [2.24, 2.45) is 0 Å². The first-order chi connectivity index (χ1) is 14.2. The summed E-state index contributed by atoms with van der Waals surface area (Å²) in [4.78, 5) is 23.8. The summed E-state index contributed by atoms with van der Waals surface area (Å²) in [5.41, 5.74) is 3.47. The van der Waals surface area contributed by atoms with Crippen LogP contribution in [0.5, 0.6) is 5.75 Å². The van der Waals surface area contributed by atoms with Crippen molar-refractivity contribution in [1.29, 1.82) is 0 Å². The Morgan fingerprint density at radius 3 is 2.31 bits per heavy atom. The van der Waals surface area contributed by atoms with Crippen LogP contribution in [0.2, 0.25) is 0 Å². The monoisotopic (exact) mass is 381 g/mol. The third-order valence-corrected chi connectivity index (χ3v) is 4.65. The highest BCUT2D eigenvalue weighted by molar-refractivity contribution is 6.03. The average Bonchev–Trinajstić information content (AvgIpc) is 3.12. The van der Waals surface area contributed by atoms with Crippen LogP contribution in [-0.2, 0) is 11.3 Å². The van der Waals surface area contributed by atoms with E-state index in [1.807, 2.05) is 53.2 Å². The van der Waals surface area contributed by atoms with E-state index in [1.165, 1.54) is 6.08 Å². The zero-order valence-corrected chi connectivity index (χ0v) is 15.7. The number of hydrogen-bond acceptors (Lipinski definition) is 3. The lowest BCUT2D eigenvalue weighted by molar-refractivity contribution is -0.128. The molecule has 0 aliphatic heterocycles. The molecule has 4 heteroatoms. The molecule has 0 saturated heterocycles. The van der Waals surface area contributed by atoms with Crippen molar-refractivity contribution in [2.45, 2.75) is 6.54 Å². The Morgan fingerprint density at radius 2 is 1.59 bits per heavy atom. The van der Waals surface area contributed by atoms with E-state index in [1.54, 1.807) is 30.3 Å². The van der Waals surface area contributed by atoms with Crippen molar-refractivity contribution < 1.29 is 14.3 Å². The smallest absolute Gasteiger partial charge is 0.336 e. The van der Waals surface area contributed by atoms with Crippen LogP contribution < -0.4 is 4.74 Å². The number of para-hydroxylation sites is 1. The lowest BCUT2D eigenvalue weighted by Crippen LogP contribution is -2.03. The molecule has 0 spiro atoms. The molecule has 142 valence electrons. The summed E-state index contributed by atoms with van der Waals surface area (Å²) < 4.78 is 7.34. The molecule has 3 aromatic carbocycles. The van der Waals surface area contributed by atoms with Crippen LogP contribution in [0.3, 0.4) is 0 Å². The number of ether oxygens (including phenoxy) is 1. The Labute approximate surface area is 168 Å². The molecule has 0 radical (unpaired) electrons. The van der Waals surface area contributed by atoms with Crippen LogP contribution in [0.15, 0.2) is 91.1 Å². The maximum absolute atomic E-state index is 12.1. The minimum Gasteiger partial charge on any atom is -0.423 e. The molecule has 0 aliphatic rings. The molecular weight excluding hydrogens is 362 g/mol. The second-order valence-electron chi connectivity index (χ2n) is 6.62. The van der Waals surface area contributed by atoms with Gasteiger partial charge in [0.2, 0.25) is 0 Å². The van der Waals surface area contributed by atoms with Crippen LogP contribution in [-0.4, -0.2) is 16.8 Å². The lowest BCUT2D eigenvalue weighted by atomic mass is 10.1. The molecule has 0 aliphatic carbocycles. The zero-order valence-electron chi connectivity index (χ0n) is 15.7. The molecule has 0 saturated carbocycles. The van der Waals surface area contributed by atoms with Crippen molar-refractivity contribution >= 4 is 29.2 Å². The Morgan fingerprint density at radius 1 is 0.862 bits per heavy atom. The van der Waals surface area contributed by atoms with Crippen LogP contribution in [0.25, 0.3) is 17.0 Å². The third-order valence-electron chi connectivity index (χ3n) is 4.65. The lowest BCUT2D eigenvalue weighted by Gasteiger charge is -2.06. The Hall–Kier alpha value is -3.92. The van der Waals surface area contributed by atoms with Crippen molar-refractivity contribution in [3.05, 3.63) is 108 Å². The molecule has 0 amide bonds. The van der Waals surface area contributed by atoms with Gasteiger partial charge >= 0.3 is 5.97 Å². The first-order valence-corrected chi connectivity index (χ1v) is 9.30. The maximum atomic E-state index is 12.1. The van der Waals surface area contributed by atoms with Gasteiger partial charge in [-0.1, -0.05) is 60.7 Å².